The maximum Gasteiger partial charge on any atom is 0.239 e. The summed E-state index contributed by atoms with van der Waals surface area (Å²) in [6.07, 6.45) is 2.17. The summed E-state index contributed by atoms with van der Waals surface area (Å²) >= 11 is 0. The van der Waals surface area contributed by atoms with Gasteiger partial charge in [0.05, 0.1) is 12.1 Å². The van der Waals surface area contributed by atoms with Crippen LogP contribution in [-0.4, -0.2) is 48.4 Å². The molecule has 0 aromatic carbocycles. The van der Waals surface area contributed by atoms with Gasteiger partial charge in [-0.15, -0.1) is 0 Å². The maximum atomic E-state index is 12.1. The SMILES string of the molecule is CC(C)CNC(=O)C(C)NC(C)C(=O)N1CCCC1. The third kappa shape index (κ3) is 5.19. The van der Waals surface area contributed by atoms with Gasteiger partial charge in [0.1, 0.15) is 0 Å². The predicted octanol–water partition coefficient (Wildman–Crippen LogP) is 0.748. The first kappa shape index (κ1) is 16.0. The van der Waals surface area contributed by atoms with Gasteiger partial charge in [-0.1, -0.05) is 13.8 Å². The van der Waals surface area contributed by atoms with Crippen LogP contribution in [-0.2, 0) is 9.59 Å². The average molecular weight is 269 g/mol. The van der Waals surface area contributed by atoms with Crippen LogP contribution in [0.2, 0.25) is 0 Å². The van der Waals surface area contributed by atoms with E-state index in [1.807, 2.05) is 11.8 Å². The summed E-state index contributed by atoms with van der Waals surface area (Å²) < 4.78 is 0. The standard InChI is InChI=1S/C14H27N3O2/c1-10(2)9-15-13(18)11(3)16-12(4)14(19)17-7-5-6-8-17/h10-12,16H,5-9H2,1-4H3,(H,15,18). The minimum Gasteiger partial charge on any atom is -0.354 e. The summed E-state index contributed by atoms with van der Waals surface area (Å²) in [5.74, 6) is 0.482. The van der Waals surface area contributed by atoms with Gasteiger partial charge in [0.25, 0.3) is 0 Å². The largest absolute Gasteiger partial charge is 0.354 e. The first-order valence-electron chi connectivity index (χ1n) is 7.24. The fourth-order valence-electron chi connectivity index (χ4n) is 2.19. The highest BCUT2D eigenvalue weighted by atomic mass is 16.2. The summed E-state index contributed by atoms with van der Waals surface area (Å²) in [5.41, 5.74) is 0. The molecule has 0 spiro atoms. The van der Waals surface area contributed by atoms with E-state index >= 15 is 0 Å². The van der Waals surface area contributed by atoms with E-state index in [-0.39, 0.29) is 23.9 Å². The fourth-order valence-corrected chi connectivity index (χ4v) is 2.19. The topological polar surface area (TPSA) is 61.4 Å². The molecule has 19 heavy (non-hydrogen) atoms. The lowest BCUT2D eigenvalue weighted by Crippen LogP contribution is -2.51. The Morgan fingerprint density at radius 2 is 1.63 bits per heavy atom. The van der Waals surface area contributed by atoms with Crippen molar-refractivity contribution in [1.82, 2.24) is 15.5 Å². The van der Waals surface area contributed by atoms with Crippen molar-refractivity contribution in [3.63, 3.8) is 0 Å². The molecule has 1 aliphatic heterocycles. The Balaban J connectivity index is 2.35. The van der Waals surface area contributed by atoms with Crippen LogP contribution in [0, 0.1) is 5.92 Å². The van der Waals surface area contributed by atoms with E-state index in [0.29, 0.717) is 12.5 Å². The number of nitrogens with one attached hydrogen (secondary N) is 2. The molecule has 1 fully saturated rings. The average Bonchev–Trinajstić information content (AvgIpc) is 2.88. The lowest BCUT2D eigenvalue weighted by molar-refractivity contribution is -0.132. The Morgan fingerprint density at radius 3 is 2.16 bits per heavy atom. The van der Waals surface area contributed by atoms with Gasteiger partial charge in [-0.25, -0.2) is 0 Å². The van der Waals surface area contributed by atoms with Crippen LogP contribution in [0.15, 0.2) is 0 Å². The molecule has 0 aromatic heterocycles. The van der Waals surface area contributed by atoms with Crippen molar-refractivity contribution >= 4 is 11.8 Å². The second-order valence-electron chi connectivity index (χ2n) is 5.78. The lowest BCUT2D eigenvalue weighted by atomic mass is 10.2. The molecule has 5 heteroatoms. The van der Waals surface area contributed by atoms with E-state index in [4.69, 9.17) is 0 Å². The molecule has 0 bridgehead atoms. The number of amides is 2. The predicted molar refractivity (Wildman–Crippen MR) is 75.7 cm³/mol. The summed E-state index contributed by atoms with van der Waals surface area (Å²) in [7, 11) is 0. The molecule has 2 unspecified atom stereocenters. The van der Waals surface area contributed by atoms with E-state index in [1.54, 1.807) is 6.92 Å². The van der Waals surface area contributed by atoms with Crippen molar-refractivity contribution in [2.24, 2.45) is 5.92 Å². The van der Waals surface area contributed by atoms with Gasteiger partial charge in [0, 0.05) is 19.6 Å². The molecule has 2 atom stereocenters. The van der Waals surface area contributed by atoms with Crippen molar-refractivity contribution in [3.8, 4) is 0 Å². The summed E-state index contributed by atoms with van der Waals surface area (Å²) in [6.45, 7) is 10.1. The van der Waals surface area contributed by atoms with Gasteiger partial charge in [0.15, 0.2) is 0 Å². The van der Waals surface area contributed by atoms with E-state index in [0.717, 1.165) is 25.9 Å². The second kappa shape index (κ2) is 7.48. The molecule has 1 heterocycles. The van der Waals surface area contributed by atoms with Crippen LogP contribution in [0.25, 0.3) is 0 Å². The van der Waals surface area contributed by atoms with Crippen LogP contribution in [0.4, 0.5) is 0 Å². The van der Waals surface area contributed by atoms with Crippen molar-refractivity contribution in [2.75, 3.05) is 19.6 Å². The Hall–Kier alpha value is -1.10. The van der Waals surface area contributed by atoms with Crippen LogP contribution in [0.5, 0.6) is 0 Å². The first-order valence-corrected chi connectivity index (χ1v) is 7.24. The molecule has 5 nitrogen and oxygen atoms in total. The zero-order valence-corrected chi connectivity index (χ0v) is 12.5. The van der Waals surface area contributed by atoms with Crippen LogP contribution in [0.1, 0.15) is 40.5 Å². The van der Waals surface area contributed by atoms with Crippen molar-refractivity contribution in [2.45, 2.75) is 52.6 Å². The number of rotatable bonds is 6. The highest BCUT2D eigenvalue weighted by molar-refractivity contribution is 5.85. The van der Waals surface area contributed by atoms with E-state index < -0.39 is 0 Å². The molecule has 0 radical (unpaired) electrons. The number of nitrogens with zero attached hydrogens (tertiary/aromatic N) is 1. The van der Waals surface area contributed by atoms with Crippen molar-refractivity contribution in [1.29, 1.82) is 0 Å². The maximum absolute atomic E-state index is 12.1. The van der Waals surface area contributed by atoms with E-state index in [1.165, 1.54) is 0 Å². The molecule has 110 valence electrons. The van der Waals surface area contributed by atoms with Crippen molar-refractivity contribution in [3.05, 3.63) is 0 Å². The molecular formula is C14H27N3O2. The minimum absolute atomic E-state index is 0.0465. The summed E-state index contributed by atoms with van der Waals surface area (Å²) in [5, 5.41) is 5.95. The van der Waals surface area contributed by atoms with Gasteiger partial charge < -0.3 is 10.2 Å². The quantitative estimate of drug-likeness (QED) is 0.748. The zero-order valence-electron chi connectivity index (χ0n) is 12.5. The first-order chi connectivity index (χ1) is 8.91. The zero-order chi connectivity index (χ0) is 14.4. The van der Waals surface area contributed by atoms with Gasteiger partial charge in [-0.2, -0.15) is 0 Å². The monoisotopic (exact) mass is 269 g/mol. The molecule has 1 rings (SSSR count). The van der Waals surface area contributed by atoms with E-state index in [9.17, 15) is 9.59 Å². The molecule has 0 aromatic rings. The molecule has 1 aliphatic rings. The van der Waals surface area contributed by atoms with Gasteiger partial charge in [-0.05, 0) is 32.6 Å². The number of carbonyl (C=O) groups is 2. The molecule has 0 saturated carbocycles. The Kier molecular flexibility index (Phi) is 6.28. The fraction of sp³-hybridized carbons (Fsp3) is 0.857. The number of likely N-dealkylation sites (tertiary alicyclic amines) is 1. The van der Waals surface area contributed by atoms with Crippen molar-refractivity contribution < 1.29 is 9.59 Å². The Bertz CT molecular complexity index is 312. The lowest BCUT2D eigenvalue weighted by Gasteiger charge is -2.24. The van der Waals surface area contributed by atoms with Crippen LogP contribution >= 0.6 is 0 Å². The molecule has 2 N–H and O–H groups in total. The van der Waals surface area contributed by atoms with Crippen LogP contribution < -0.4 is 10.6 Å². The Morgan fingerprint density at radius 1 is 1.05 bits per heavy atom. The number of carbonyl (C=O) groups excluding carboxylic acids is 2. The molecule has 0 aliphatic carbocycles. The summed E-state index contributed by atoms with van der Waals surface area (Å²) in [4.78, 5) is 25.8. The molecular weight excluding hydrogens is 242 g/mol. The molecule has 1 saturated heterocycles. The van der Waals surface area contributed by atoms with Crippen LogP contribution in [0.3, 0.4) is 0 Å². The minimum atomic E-state index is -0.347. The Labute approximate surface area is 116 Å². The van der Waals surface area contributed by atoms with Gasteiger partial charge in [-0.3, -0.25) is 14.9 Å². The smallest absolute Gasteiger partial charge is 0.239 e. The van der Waals surface area contributed by atoms with Gasteiger partial charge >= 0.3 is 0 Å². The highest BCUT2D eigenvalue weighted by Crippen LogP contribution is 2.09. The number of hydrogen-bond acceptors (Lipinski definition) is 3. The summed E-state index contributed by atoms with van der Waals surface area (Å²) in [6, 6.07) is -0.654. The van der Waals surface area contributed by atoms with E-state index in [2.05, 4.69) is 24.5 Å². The molecule has 2 amide bonds. The third-order valence-electron chi connectivity index (χ3n) is 3.37. The number of hydrogen-bond donors (Lipinski definition) is 2. The normalized spacial score (nSPS) is 18.5. The highest BCUT2D eigenvalue weighted by Gasteiger charge is 2.25. The van der Waals surface area contributed by atoms with Gasteiger partial charge in [0.2, 0.25) is 11.8 Å². The second-order valence-corrected chi connectivity index (χ2v) is 5.78. The third-order valence-corrected chi connectivity index (χ3v) is 3.37.